The molecule has 0 saturated heterocycles. The van der Waals surface area contributed by atoms with E-state index in [0.717, 1.165) is 36.1 Å². The van der Waals surface area contributed by atoms with Crippen LogP contribution in [0, 0.1) is 5.92 Å². The second-order valence-electron chi connectivity index (χ2n) is 8.12. The van der Waals surface area contributed by atoms with Crippen LogP contribution < -0.4 is 4.74 Å². The van der Waals surface area contributed by atoms with E-state index in [4.69, 9.17) is 4.74 Å². The molecule has 1 saturated carbocycles. The molecule has 1 unspecified atom stereocenters. The number of ketones is 1. The first-order chi connectivity index (χ1) is 11.5. The molecule has 0 spiro atoms. The van der Waals surface area contributed by atoms with Crippen LogP contribution in [0.15, 0.2) is 24.3 Å². The van der Waals surface area contributed by atoms with Gasteiger partial charge in [-0.1, -0.05) is 12.2 Å². The van der Waals surface area contributed by atoms with Gasteiger partial charge in [-0.2, -0.15) is 0 Å². The average Bonchev–Trinajstić information content (AvgIpc) is 2.54. The van der Waals surface area contributed by atoms with Crippen LogP contribution in [0.25, 0.3) is 0 Å². The number of Topliss-reactive ketones (excluding diaryl/α,β-unsaturated/α-hetero) is 1. The lowest BCUT2D eigenvalue weighted by Crippen LogP contribution is -2.47. The normalized spacial score (nSPS) is 31.1. The molecule has 0 amide bonds. The van der Waals surface area contributed by atoms with Gasteiger partial charge in [0.2, 0.25) is 0 Å². The van der Waals surface area contributed by atoms with E-state index in [1.165, 1.54) is 6.42 Å². The topological polar surface area (TPSA) is 46.5 Å². The van der Waals surface area contributed by atoms with E-state index in [1.807, 2.05) is 6.07 Å². The largest absolute Gasteiger partial charge is 0.508 e. The summed E-state index contributed by atoms with van der Waals surface area (Å²) in [7, 11) is 0. The lowest BCUT2D eigenvalue weighted by atomic mass is 9.66. The van der Waals surface area contributed by atoms with Gasteiger partial charge in [-0.15, -0.1) is 0 Å². The molecule has 1 N–H and O–H groups in total. The highest BCUT2D eigenvalue weighted by molar-refractivity contribution is 5.81. The molecule has 0 aromatic heterocycles. The molecule has 4 rings (SSSR count). The van der Waals surface area contributed by atoms with Gasteiger partial charge in [-0.25, -0.2) is 0 Å². The van der Waals surface area contributed by atoms with Crippen molar-refractivity contribution in [1.82, 2.24) is 0 Å². The number of hydrogen-bond acceptors (Lipinski definition) is 3. The number of benzene rings is 1. The van der Waals surface area contributed by atoms with Crippen molar-refractivity contribution in [3.05, 3.63) is 35.4 Å². The minimum Gasteiger partial charge on any atom is -0.508 e. The van der Waals surface area contributed by atoms with Crippen LogP contribution in [0.1, 0.15) is 75.3 Å². The molecule has 1 aromatic rings. The van der Waals surface area contributed by atoms with Crippen molar-refractivity contribution >= 4 is 5.78 Å². The number of rotatable bonds is 1. The van der Waals surface area contributed by atoms with E-state index in [9.17, 15) is 9.90 Å². The summed E-state index contributed by atoms with van der Waals surface area (Å²) in [5.41, 5.74) is 1.68. The van der Waals surface area contributed by atoms with Crippen LogP contribution in [0.4, 0.5) is 0 Å². The van der Waals surface area contributed by atoms with Crippen LogP contribution >= 0.6 is 0 Å². The molecule has 1 fully saturated rings. The third kappa shape index (κ3) is 2.54. The van der Waals surface area contributed by atoms with E-state index in [0.29, 0.717) is 30.3 Å². The minimum absolute atomic E-state index is 0.0842. The van der Waals surface area contributed by atoms with E-state index in [2.05, 4.69) is 32.1 Å². The fraction of sp³-hybridized carbons (Fsp3) is 0.571. The zero-order valence-corrected chi connectivity index (χ0v) is 14.5. The Bertz CT molecular complexity index is 701. The van der Waals surface area contributed by atoms with Crippen LogP contribution in [-0.4, -0.2) is 16.5 Å². The average molecular weight is 326 g/mol. The Balaban J connectivity index is 1.78. The van der Waals surface area contributed by atoms with E-state index < -0.39 is 0 Å². The molecular weight excluding hydrogens is 300 g/mol. The number of allylic oxidation sites excluding steroid dienone is 2. The fourth-order valence-corrected chi connectivity index (χ4v) is 4.90. The van der Waals surface area contributed by atoms with Crippen molar-refractivity contribution in [2.24, 2.45) is 5.92 Å². The Labute approximate surface area is 143 Å². The van der Waals surface area contributed by atoms with E-state index >= 15 is 0 Å². The molecule has 3 nitrogen and oxygen atoms in total. The third-order valence-corrected chi connectivity index (χ3v) is 6.13. The summed E-state index contributed by atoms with van der Waals surface area (Å²) in [6.45, 7) is 4.24. The summed E-state index contributed by atoms with van der Waals surface area (Å²) in [6.07, 6.45) is 9.92. The molecule has 128 valence electrons. The van der Waals surface area contributed by atoms with Crippen LogP contribution in [-0.2, 0) is 4.79 Å². The van der Waals surface area contributed by atoms with Crippen molar-refractivity contribution in [3.63, 3.8) is 0 Å². The zero-order valence-electron chi connectivity index (χ0n) is 14.5. The van der Waals surface area contributed by atoms with Gasteiger partial charge in [0.25, 0.3) is 0 Å². The third-order valence-electron chi connectivity index (χ3n) is 6.13. The second kappa shape index (κ2) is 5.65. The van der Waals surface area contributed by atoms with Crippen molar-refractivity contribution in [1.29, 1.82) is 0 Å². The van der Waals surface area contributed by atoms with Gasteiger partial charge in [-0.3, -0.25) is 4.79 Å². The number of phenolic OH excluding ortho intramolecular Hbond substituents is 1. The summed E-state index contributed by atoms with van der Waals surface area (Å²) in [5, 5.41) is 10.7. The second-order valence-corrected chi connectivity index (χ2v) is 8.12. The van der Waals surface area contributed by atoms with Gasteiger partial charge in [-0.05, 0) is 57.2 Å². The monoisotopic (exact) mass is 326 g/mol. The number of carbonyl (C=O) groups is 1. The SMILES string of the molecule is CC1(C)Oc2cc(C3C=CCCC3)cc(O)c2[C@@H]2CC(=O)CC[C@H]21. The standard InChI is InChI=1S/C21H26O3/c1-21(2)17-9-8-15(22)12-16(17)20-18(23)10-14(11-19(20)24-21)13-6-4-3-5-7-13/h4,6,10-11,13,16-17,23H,3,5,7-9,12H2,1-2H3/t13?,16-,17-/m1/s1. The first-order valence-corrected chi connectivity index (χ1v) is 9.20. The molecule has 0 radical (unpaired) electrons. The molecule has 2 aliphatic carbocycles. The van der Waals surface area contributed by atoms with Crippen molar-refractivity contribution in [2.75, 3.05) is 0 Å². The van der Waals surface area contributed by atoms with Gasteiger partial charge in [0.15, 0.2) is 0 Å². The summed E-state index contributed by atoms with van der Waals surface area (Å²) >= 11 is 0. The van der Waals surface area contributed by atoms with Gasteiger partial charge in [0.05, 0.1) is 0 Å². The Morgan fingerprint density at radius 2 is 2.08 bits per heavy atom. The first kappa shape index (κ1) is 15.7. The van der Waals surface area contributed by atoms with Crippen molar-refractivity contribution in [3.8, 4) is 11.5 Å². The van der Waals surface area contributed by atoms with Gasteiger partial charge >= 0.3 is 0 Å². The highest BCUT2D eigenvalue weighted by Crippen LogP contribution is 2.54. The first-order valence-electron chi connectivity index (χ1n) is 9.20. The van der Waals surface area contributed by atoms with Crippen molar-refractivity contribution < 1.29 is 14.6 Å². The predicted molar refractivity (Wildman–Crippen MR) is 93.6 cm³/mol. The highest BCUT2D eigenvalue weighted by atomic mass is 16.5. The highest BCUT2D eigenvalue weighted by Gasteiger charge is 2.47. The molecule has 3 heteroatoms. The maximum atomic E-state index is 12.0. The number of carbonyl (C=O) groups excluding carboxylic acids is 1. The Kier molecular flexibility index (Phi) is 3.70. The van der Waals surface area contributed by atoms with E-state index in [-0.39, 0.29) is 17.4 Å². The Morgan fingerprint density at radius 1 is 1.25 bits per heavy atom. The Morgan fingerprint density at radius 3 is 2.83 bits per heavy atom. The summed E-state index contributed by atoms with van der Waals surface area (Å²) < 4.78 is 6.34. The van der Waals surface area contributed by atoms with Gasteiger partial charge in [0, 0.05) is 36.2 Å². The van der Waals surface area contributed by atoms with Crippen molar-refractivity contribution in [2.45, 2.75) is 69.8 Å². The Hall–Kier alpha value is -1.77. The number of phenols is 1. The van der Waals surface area contributed by atoms with Gasteiger partial charge in [0.1, 0.15) is 22.9 Å². The molecular formula is C21H26O3. The summed E-state index contributed by atoms with van der Waals surface area (Å²) in [5.74, 6) is 2.12. The quantitative estimate of drug-likeness (QED) is 0.751. The van der Waals surface area contributed by atoms with Crippen LogP contribution in [0.3, 0.4) is 0 Å². The molecule has 3 atom stereocenters. The van der Waals surface area contributed by atoms with Gasteiger partial charge < -0.3 is 9.84 Å². The number of hydrogen-bond donors (Lipinski definition) is 1. The smallest absolute Gasteiger partial charge is 0.133 e. The number of ether oxygens (including phenoxy) is 1. The van der Waals surface area contributed by atoms with E-state index in [1.54, 1.807) is 0 Å². The fourth-order valence-electron chi connectivity index (χ4n) is 4.90. The van der Waals surface area contributed by atoms with Crippen LogP contribution in [0.2, 0.25) is 0 Å². The maximum absolute atomic E-state index is 12.0. The lowest BCUT2D eigenvalue weighted by Gasteiger charge is -2.47. The minimum atomic E-state index is -0.300. The zero-order chi connectivity index (χ0) is 16.9. The number of aromatic hydroxyl groups is 1. The van der Waals surface area contributed by atoms with Crippen LogP contribution in [0.5, 0.6) is 11.5 Å². The molecule has 24 heavy (non-hydrogen) atoms. The summed E-state index contributed by atoms with van der Waals surface area (Å²) in [6, 6.07) is 4.00. The molecule has 1 aromatic carbocycles. The molecule has 3 aliphatic rings. The number of fused-ring (bicyclic) bond motifs is 3. The molecule has 1 heterocycles. The molecule has 1 aliphatic heterocycles. The maximum Gasteiger partial charge on any atom is 0.133 e. The summed E-state index contributed by atoms with van der Waals surface area (Å²) in [4.78, 5) is 12.0. The molecule has 0 bridgehead atoms. The predicted octanol–water partition coefficient (Wildman–Crippen LogP) is 4.84. The lowest BCUT2D eigenvalue weighted by molar-refractivity contribution is -0.124.